The third-order valence-electron chi connectivity index (χ3n) is 3.14. The summed E-state index contributed by atoms with van der Waals surface area (Å²) in [4.78, 5) is 24.7. The van der Waals surface area contributed by atoms with E-state index in [9.17, 15) is 9.59 Å². The lowest BCUT2D eigenvalue weighted by Crippen LogP contribution is -2.49. The first-order valence-electron chi connectivity index (χ1n) is 6.09. The Kier molecular flexibility index (Phi) is 4.77. The van der Waals surface area contributed by atoms with E-state index in [-0.39, 0.29) is 23.8 Å². The number of likely N-dealkylation sites (N-methyl/N-ethyl adjacent to an activating group) is 1. The maximum absolute atomic E-state index is 11.8. The highest BCUT2D eigenvalue weighted by molar-refractivity contribution is 5.80. The van der Waals surface area contributed by atoms with E-state index < -0.39 is 0 Å². The van der Waals surface area contributed by atoms with Crippen LogP contribution in [0.1, 0.15) is 39.5 Å². The highest BCUT2D eigenvalue weighted by Crippen LogP contribution is 2.11. The van der Waals surface area contributed by atoms with E-state index in [2.05, 4.69) is 12.2 Å². The van der Waals surface area contributed by atoms with E-state index >= 15 is 0 Å². The van der Waals surface area contributed by atoms with Crippen LogP contribution in [0.4, 0.5) is 0 Å². The van der Waals surface area contributed by atoms with Crippen molar-refractivity contribution in [1.29, 1.82) is 0 Å². The molecule has 0 radical (unpaired) electrons. The lowest BCUT2D eigenvalue weighted by molar-refractivity contribution is -0.134. The summed E-state index contributed by atoms with van der Waals surface area (Å²) in [7, 11) is 1.79. The molecule has 0 aromatic rings. The highest BCUT2D eigenvalue weighted by Gasteiger charge is 2.25. The van der Waals surface area contributed by atoms with Gasteiger partial charge in [-0.2, -0.15) is 0 Å². The average molecular weight is 226 g/mol. The van der Waals surface area contributed by atoms with Crippen LogP contribution in [-0.4, -0.2) is 36.3 Å². The van der Waals surface area contributed by atoms with Crippen LogP contribution in [0.3, 0.4) is 0 Å². The molecule has 1 aliphatic rings. The van der Waals surface area contributed by atoms with E-state index in [1.807, 2.05) is 6.92 Å². The number of carbonyl (C=O) groups excluding carboxylic acids is 2. The Bertz CT molecular complexity index is 266. The van der Waals surface area contributed by atoms with Crippen molar-refractivity contribution in [3.63, 3.8) is 0 Å². The maximum atomic E-state index is 11.8. The number of amides is 2. The van der Waals surface area contributed by atoms with Gasteiger partial charge in [-0.15, -0.1) is 0 Å². The van der Waals surface area contributed by atoms with Gasteiger partial charge in [-0.05, 0) is 12.8 Å². The first-order chi connectivity index (χ1) is 7.54. The quantitative estimate of drug-likeness (QED) is 0.782. The largest absolute Gasteiger partial charge is 0.351 e. The summed E-state index contributed by atoms with van der Waals surface area (Å²) in [5.41, 5.74) is 0. The first kappa shape index (κ1) is 13.0. The molecule has 0 aromatic heterocycles. The molecule has 1 heterocycles. The fraction of sp³-hybridized carbons (Fsp3) is 0.833. The van der Waals surface area contributed by atoms with Gasteiger partial charge in [0.15, 0.2) is 0 Å². The monoisotopic (exact) mass is 226 g/mol. The van der Waals surface area contributed by atoms with Gasteiger partial charge in [0.05, 0.1) is 0 Å². The SMILES string of the molecule is CCC[C@H](C)C(=O)N[C@H]1CCC(=O)N(C)C1. The number of piperidine rings is 1. The minimum atomic E-state index is 0.0768. The number of likely N-dealkylation sites (tertiary alicyclic amines) is 1. The molecule has 0 unspecified atom stereocenters. The Labute approximate surface area is 97.4 Å². The zero-order valence-corrected chi connectivity index (χ0v) is 10.5. The molecule has 1 aliphatic heterocycles. The van der Waals surface area contributed by atoms with Gasteiger partial charge < -0.3 is 10.2 Å². The predicted octanol–water partition coefficient (Wildman–Crippen LogP) is 1.16. The van der Waals surface area contributed by atoms with Crippen LogP contribution >= 0.6 is 0 Å². The van der Waals surface area contributed by atoms with Crippen molar-refractivity contribution >= 4 is 11.8 Å². The summed E-state index contributed by atoms with van der Waals surface area (Å²) in [6.07, 6.45) is 3.27. The molecule has 2 atom stereocenters. The Morgan fingerprint density at radius 3 is 2.88 bits per heavy atom. The van der Waals surface area contributed by atoms with Crippen molar-refractivity contribution in [3.8, 4) is 0 Å². The van der Waals surface area contributed by atoms with Gasteiger partial charge in [-0.1, -0.05) is 20.3 Å². The van der Waals surface area contributed by atoms with E-state index in [4.69, 9.17) is 0 Å². The highest BCUT2D eigenvalue weighted by atomic mass is 16.2. The molecule has 4 heteroatoms. The molecule has 2 amide bonds. The van der Waals surface area contributed by atoms with E-state index in [0.29, 0.717) is 13.0 Å². The van der Waals surface area contributed by atoms with Crippen LogP contribution in [0.25, 0.3) is 0 Å². The summed E-state index contributed by atoms with van der Waals surface area (Å²) < 4.78 is 0. The maximum Gasteiger partial charge on any atom is 0.223 e. The molecule has 92 valence electrons. The molecule has 0 saturated carbocycles. The van der Waals surface area contributed by atoms with Gasteiger partial charge >= 0.3 is 0 Å². The van der Waals surface area contributed by atoms with Crippen LogP contribution < -0.4 is 5.32 Å². The summed E-state index contributed by atoms with van der Waals surface area (Å²) >= 11 is 0. The Morgan fingerprint density at radius 2 is 2.31 bits per heavy atom. The molecule has 1 fully saturated rings. The zero-order chi connectivity index (χ0) is 12.1. The summed E-state index contributed by atoms with van der Waals surface area (Å²) in [5.74, 6) is 0.370. The second-order valence-electron chi connectivity index (χ2n) is 4.71. The van der Waals surface area contributed by atoms with E-state index in [0.717, 1.165) is 19.3 Å². The second kappa shape index (κ2) is 5.87. The first-order valence-corrected chi connectivity index (χ1v) is 6.09. The van der Waals surface area contributed by atoms with Crippen molar-refractivity contribution in [2.45, 2.75) is 45.6 Å². The van der Waals surface area contributed by atoms with Crippen molar-refractivity contribution < 1.29 is 9.59 Å². The molecule has 16 heavy (non-hydrogen) atoms. The van der Waals surface area contributed by atoms with Crippen LogP contribution in [0.15, 0.2) is 0 Å². The molecule has 1 saturated heterocycles. The van der Waals surface area contributed by atoms with Crippen LogP contribution in [0, 0.1) is 5.92 Å². The molecule has 1 rings (SSSR count). The third-order valence-corrected chi connectivity index (χ3v) is 3.14. The van der Waals surface area contributed by atoms with Crippen molar-refractivity contribution in [3.05, 3.63) is 0 Å². The van der Waals surface area contributed by atoms with E-state index in [1.54, 1.807) is 11.9 Å². The van der Waals surface area contributed by atoms with E-state index in [1.165, 1.54) is 0 Å². The Morgan fingerprint density at radius 1 is 1.62 bits per heavy atom. The summed E-state index contributed by atoms with van der Waals surface area (Å²) in [6.45, 7) is 4.68. The smallest absolute Gasteiger partial charge is 0.223 e. The van der Waals surface area contributed by atoms with Gasteiger partial charge in [0.2, 0.25) is 11.8 Å². The Balaban J connectivity index is 2.37. The molecule has 0 aliphatic carbocycles. The normalized spacial score (nSPS) is 23.1. The molecule has 1 N–H and O–H groups in total. The number of rotatable bonds is 4. The molecule has 0 spiro atoms. The average Bonchev–Trinajstić information content (AvgIpc) is 2.24. The standard InChI is InChI=1S/C12H22N2O2/c1-4-5-9(2)12(16)13-10-6-7-11(15)14(3)8-10/h9-10H,4-8H2,1-3H3,(H,13,16)/t9-,10-/m0/s1. The lowest BCUT2D eigenvalue weighted by atomic mass is 10.0. The third kappa shape index (κ3) is 3.51. The molecule has 0 bridgehead atoms. The van der Waals surface area contributed by atoms with Gasteiger partial charge in [-0.25, -0.2) is 0 Å². The minimum absolute atomic E-state index is 0.0768. The number of hydrogen-bond donors (Lipinski definition) is 1. The fourth-order valence-electron chi connectivity index (χ4n) is 2.04. The topological polar surface area (TPSA) is 49.4 Å². The second-order valence-corrected chi connectivity index (χ2v) is 4.71. The van der Waals surface area contributed by atoms with Crippen LogP contribution in [0.5, 0.6) is 0 Å². The van der Waals surface area contributed by atoms with Gasteiger partial charge in [-0.3, -0.25) is 9.59 Å². The molecular formula is C12H22N2O2. The van der Waals surface area contributed by atoms with Gasteiger partial charge in [0.25, 0.3) is 0 Å². The number of hydrogen-bond acceptors (Lipinski definition) is 2. The predicted molar refractivity (Wildman–Crippen MR) is 62.9 cm³/mol. The summed E-state index contributed by atoms with van der Waals surface area (Å²) in [5, 5.41) is 3.02. The minimum Gasteiger partial charge on any atom is -0.351 e. The summed E-state index contributed by atoms with van der Waals surface area (Å²) in [6, 6.07) is 0.134. The number of carbonyl (C=O) groups is 2. The van der Waals surface area contributed by atoms with Crippen LogP contribution in [-0.2, 0) is 9.59 Å². The van der Waals surface area contributed by atoms with Gasteiger partial charge in [0.1, 0.15) is 0 Å². The van der Waals surface area contributed by atoms with Crippen molar-refractivity contribution in [2.24, 2.45) is 5.92 Å². The van der Waals surface area contributed by atoms with Crippen LogP contribution in [0.2, 0.25) is 0 Å². The molecule has 4 nitrogen and oxygen atoms in total. The Hall–Kier alpha value is -1.06. The van der Waals surface area contributed by atoms with Crippen molar-refractivity contribution in [2.75, 3.05) is 13.6 Å². The number of nitrogens with one attached hydrogen (secondary N) is 1. The molecular weight excluding hydrogens is 204 g/mol. The lowest BCUT2D eigenvalue weighted by Gasteiger charge is -2.30. The fourth-order valence-corrected chi connectivity index (χ4v) is 2.04. The van der Waals surface area contributed by atoms with Gasteiger partial charge in [0, 0.05) is 32.0 Å². The molecule has 0 aromatic carbocycles. The zero-order valence-electron chi connectivity index (χ0n) is 10.5. The number of nitrogens with zero attached hydrogens (tertiary/aromatic N) is 1. The van der Waals surface area contributed by atoms with Crippen molar-refractivity contribution in [1.82, 2.24) is 10.2 Å².